The molecule has 0 spiro atoms. The lowest BCUT2D eigenvalue weighted by Gasteiger charge is -2.13. The zero-order valence-electron chi connectivity index (χ0n) is 16.7. The van der Waals surface area contributed by atoms with Crippen LogP contribution in [0.25, 0.3) is 0 Å². The summed E-state index contributed by atoms with van der Waals surface area (Å²) < 4.78 is 0. The molecule has 3 rings (SSSR count). The van der Waals surface area contributed by atoms with Crippen molar-refractivity contribution in [2.45, 2.75) is 38.9 Å². The standard InChI is InChI=1S/C22H24ClN3O2S/c1-4-15-7-10-16(11-8-15)24-20(27)13-19-21(28)26(5-2)22(29-19)25-17-9-6-14(3)18(23)12-17/h6-12,19H,4-5,13H2,1-3H3,(H,24,27). The summed E-state index contributed by atoms with van der Waals surface area (Å²) in [5.41, 5.74) is 3.61. The molecule has 1 unspecified atom stereocenters. The van der Waals surface area contributed by atoms with Crippen LogP contribution in [-0.4, -0.2) is 33.7 Å². The minimum Gasteiger partial charge on any atom is -0.326 e. The first-order valence-corrected chi connectivity index (χ1v) is 10.9. The third-order valence-corrected chi connectivity index (χ3v) is 6.32. The van der Waals surface area contributed by atoms with Gasteiger partial charge in [-0.2, -0.15) is 0 Å². The fourth-order valence-electron chi connectivity index (χ4n) is 2.98. The average molecular weight is 430 g/mol. The SMILES string of the molecule is CCc1ccc(NC(=O)CC2SC(=Nc3ccc(C)c(Cl)c3)N(CC)C2=O)cc1. The van der Waals surface area contributed by atoms with E-state index < -0.39 is 5.25 Å². The van der Waals surface area contributed by atoms with E-state index in [1.165, 1.54) is 17.3 Å². The first-order chi connectivity index (χ1) is 13.9. The van der Waals surface area contributed by atoms with Crippen molar-refractivity contribution < 1.29 is 9.59 Å². The minimum absolute atomic E-state index is 0.0917. The number of nitrogens with zero attached hydrogens (tertiary/aromatic N) is 2. The summed E-state index contributed by atoms with van der Waals surface area (Å²) in [7, 11) is 0. The van der Waals surface area contributed by atoms with E-state index in [0.717, 1.165) is 17.7 Å². The Morgan fingerprint density at radius 1 is 1.21 bits per heavy atom. The van der Waals surface area contributed by atoms with E-state index in [9.17, 15) is 9.59 Å². The number of anilines is 1. The molecule has 1 heterocycles. The van der Waals surface area contributed by atoms with Gasteiger partial charge in [0, 0.05) is 23.7 Å². The van der Waals surface area contributed by atoms with Gasteiger partial charge in [-0.25, -0.2) is 4.99 Å². The normalized spacial score (nSPS) is 17.8. The molecule has 0 aromatic heterocycles. The Balaban J connectivity index is 1.69. The molecular weight excluding hydrogens is 406 g/mol. The van der Waals surface area contributed by atoms with E-state index in [-0.39, 0.29) is 18.2 Å². The lowest BCUT2D eigenvalue weighted by Crippen LogP contribution is -2.33. The van der Waals surface area contributed by atoms with Crippen molar-refractivity contribution >= 4 is 51.7 Å². The second-order valence-corrected chi connectivity index (χ2v) is 8.40. The highest BCUT2D eigenvalue weighted by Crippen LogP contribution is 2.32. The van der Waals surface area contributed by atoms with Gasteiger partial charge in [0.25, 0.3) is 0 Å². The lowest BCUT2D eigenvalue weighted by atomic mass is 10.1. The molecule has 1 fully saturated rings. The van der Waals surface area contributed by atoms with Gasteiger partial charge in [0.05, 0.1) is 5.69 Å². The maximum absolute atomic E-state index is 12.7. The number of rotatable bonds is 6. The Labute approximate surface area is 180 Å². The van der Waals surface area contributed by atoms with Gasteiger partial charge >= 0.3 is 0 Å². The molecule has 0 aliphatic carbocycles. The van der Waals surface area contributed by atoms with E-state index in [2.05, 4.69) is 17.2 Å². The fourth-order valence-corrected chi connectivity index (χ4v) is 4.38. The molecule has 2 aromatic carbocycles. The molecule has 1 aliphatic rings. The van der Waals surface area contributed by atoms with E-state index >= 15 is 0 Å². The third-order valence-electron chi connectivity index (χ3n) is 4.73. The van der Waals surface area contributed by atoms with E-state index in [1.54, 1.807) is 11.0 Å². The molecule has 5 nitrogen and oxygen atoms in total. The van der Waals surface area contributed by atoms with Crippen molar-refractivity contribution in [2.24, 2.45) is 4.99 Å². The minimum atomic E-state index is -0.482. The number of thioether (sulfide) groups is 1. The van der Waals surface area contributed by atoms with Crippen LogP contribution in [-0.2, 0) is 16.0 Å². The number of carbonyl (C=O) groups is 2. The number of benzene rings is 2. The summed E-state index contributed by atoms with van der Waals surface area (Å²) in [5, 5.41) is 3.62. The Bertz CT molecular complexity index is 944. The maximum atomic E-state index is 12.7. The van der Waals surface area contributed by atoms with Crippen molar-refractivity contribution in [3.8, 4) is 0 Å². The highest BCUT2D eigenvalue weighted by Gasteiger charge is 2.38. The van der Waals surface area contributed by atoms with Crippen LogP contribution >= 0.6 is 23.4 Å². The van der Waals surface area contributed by atoms with Gasteiger partial charge in [0.1, 0.15) is 5.25 Å². The van der Waals surface area contributed by atoms with Crippen LogP contribution in [0.5, 0.6) is 0 Å². The first kappa shape index (κ1) is 21.4. The molecule has 1 atom stereocenters. The van der Waals surface area contributed by atoms with Gasteiger partial charge in [0.15, 0.2) is 5.17 Å². The van der Waals surface area contributed by atoms with Gasteiger partial charge in [0.2, 0.25) is 11.8 Å². The molecule has 2 amide bonds. The van der Waals surface area contributed by atoms with E-state index in [0.29, 0.717) is 22.4 Å². The smallest absolute Gasteiger partial charge is 0.242 e. The number of halogens is 1. The van der Waals surface area contributed by atoms with Crippen LogP contribution in [0.15, 0.2) is 47.5 Å². The second-order valence-electron chi connectivity index (χ2n) is 6.82. The molecular formula is C22H24ClN3O2S. The third kappa shape index (κ3) is 5.19. The quantitative estimate of drug-likeness (QED) is 0.687. The summed E-state index contributed by atoms with van der Waals surface area (Å²) in [6.45, 7) is 6.41. The largest absolute Gasteiger partial charge is 0.326 e. The predicted molar refractivity (Wildman–Crippen MR) is 121 cm³/mol. The van der Waals surface area contributed by atoms with Gasteiger partial charge in [-0.3, -0.25) is 14.5 Å². The first-order valence-electron chi connectivity index (χ1n) is 9.63. The number of amides is 2. The number of amidine groups is 1. The second kappa shape index (κ2) is 9.46. The number of aliphatic imine (C=N–C) groups is 1. The monoisotopic (exact) mass is 429 g/mol. The zero-order chi connectivity index (χ0) is 21.0. The molecule has 1 aliphatic heterocycles. The number of hydrogen-bond acceptors (Lipinski definition) is 4. The van der Waals surface area contributed by atoms with Crippen LogP contribution in [0.4, 0.5) is 11.4 Å². The highest BCUT2D eigenvalue weighted by molar-refractivity contribution is 8.15. The summed E-state index contributed by atoms with van der Waals surface area (Å²) in [6.07, 6.45) is 1.05. The molecule has 2 aromatic rings. The molecule has 29 heavy (non-hydrogen) atoms. The van der Waals surface area contributed by atoms with Crippen LogP contribution in [0.2, 0.25) is 5.02 Å². The van der Waals surface area contributed by atoms with Crippen molar-refractivity contribution in [2.75, 3.05) is 11.9 Å². The fraction of sp³-hybridized carbons (Fsp3) is 0.318. The summed E-state index contributed by atoms with van der Waals surface area (Å²) >= 11 is 7.51. The highest BCUT2D eigenvalue weighted by atomic mass is 35.5. The molecule has 152 valence electrons. The van der Waals surface area contributed by atoms with E-state index in [4.69, 9.17) is 11.6 Å². The van der Waals surface area contributed by atoms with Crippen LogP contribution in [0.1, 0.15) is 31.4 Å². The van der Waals surface area contributed by atoms with Gasteiger partial charge < -0.3 is 5.32 Å². The number of aryl methyl sites for hydroxylation is 2. The van der Waals surface area contributed by atoms with Gasteiger partial charge in [-0.15, -0.1) is 0 Å². The Kier molecular flexibility index (Phi) is 6.98. The van der Waals surface area contributed by atoms with Gasteiger partial charge in [-0.05, 0) is 55.7 Å². The van der Waals surface area contributed by atoms with Crippen LogP contribution in [0, 0.1) is 6.92 Å². The van der Waals surface area contributed by atoms with Crippen molar-refractivity contribution in [1.29, 1.82) is 0 Å². The average Bonchev–Trinajstić information content (AvgIpc) is 2.99. The van der Waals surface area contributed by atoms with Crippen molar-refractivity contribution in [1.82, 2.24) is 4.90 Å². The Hall–Kier alpha value is -2.31. The molecule has 7 heteroatoms. The van der Waals surface area contributed by atoms with Crippen molar-refractivity contribution in [3.05, 3.63) is 58.6 Å². The maximum Gasteiger partial charge on any atom is 0.242 e. The summed E-state index contributed by atoms with van der Waals surface area (Å²) in [4.78, 5) is 31.4. The predicted octanol–water partition coefficient (Wildman–Crippen LogP) is 5.19. The van der Waals surface area contributed by atoms with Crippen LogP contribution < -0.4 is 5.32 Å². The topological polar surface area (TPSA) is 61.8 Å². The molecule has 0 radical (unpaired) electrons. The molecule has 1 saturated heterocycles. The zero-order valence-corrected chi connectivity index (χ0v) is 18.3. The van der Waals surface area contributed by atoms with Gasteiger partial charge in [-0.1, -0.05) is 48.5 Å². The van der Waals surface area contributed by atoms with Crippen LogP contribution in [0.3, 0.4) is 0 Å². The Morgan fingerprint density at radius 3 is 2.55 bits per heavy atom. The molecule has 0 saturated carbocycles. The summed E-state index contributed by atoms with van der Waals surface area (Å²) in [5.74, 6) is -0.276. The molecule has 1 N–H and O–H groups in total. The lowest BCUT2D eigenvalue weighted by molar-refractivity contribution is -0.128. The Morgan fingerprint density at radius 2 is 1.93 bits per heavy atom. The molecule has 0 bridgehead atoms. The number of hydrogen-bond donors (Lipinski definition) is 1. The number of carbonyl (C=O) groups excluding carboxylic acids is 2. The summed E-state index contributed by atoms with van der Waals surface area (Å²) in [6, 6.07) is 13.3. The van der Waals surface area contributed by atoms with Crippen molar-refractivity contribution in [3.63, 3.8) is 0 Å². The van der Waals surface area contributed by atoms with E-state index in [1.807, 2.05) is 50.2 Å². The number of nitrogens with one attached hydrogen (secondary N) is 1.